The molecule has 1 aliphatic heterocycles. The van der Waals surface area contributed by atoms with E-state index in [2.05, 4.69) is 36.1 Å². The van der Waals surface area contributed by atoms with Crippen LogP contribution in [0.3, 0.4) is 0 Å². The molecule has 1 aliphatic rings. The van der Waals surface area contributed by atoms with Gasteiger partial charge < -0.3 is 9.42 Å². The zero-order valence-electron chi connectivity index (χ0n) is 14.1. The van der Waals surface area contributed by atoms with Crippen molar-refractivity contribution in [3.8, 4) is 0 Å². The third-order valence-electron chi connectivity index (χ3n) is 4.19. The van der Waals surface area contributed by atoms with E-state index in [9.17, 15) is 9.00 Å². The molecule has 1 aromatic carbocycles. The Morgan fingerprint density at radius 2 is 2.04 bits per heavy atom. The molecule has 6 nitrogen and oxygen atoms in total. The Bertz CT molecular complexity index is 755. The Kier molecular flexibility index (Phi) is 4.80. The molecule has 1 aromatic heterocycles. The summed E-state index contributed by atoms with van der Waals surface area (Å²) in [4.78, 5) is 18.7. The van der Waals surface area contributed by atoms with Gasteiger partial charge in [0, 0.05) is 29.3 Å². The molecule has 7 heteroatoms. The second kappa shape index (κ2) is 6.84. The van der Waals surface area contributed by atoms with Crippen LogP contribution in [0.5, 0.6) is 0 Å². The van der Waals surface area contributed by atoms with Gasteiger partial charge in [0.1, 0.15) is 5.92 Å². The van der Waals surface area contributed by atoms with Crippen LogP contribution in [0.15, 0.2) is 28.8 Å². The molecule has 1 amide bonds. The number of hydrogen-bond acceptors (Lipinski definition) is 5. The van der Waals surface area contributed by atoms with Crippen LogP contribution < -0.4 is 4.90 Å². The van der Waals surface area contributed by atoms with Crippen LogP contribution in [0.4, 0.5) is 5.69 Å². The second-order valence-electron chi connectivity index (χ2n) is 6.34. The predicted molar refractivity (Wildman–Crippen MR) is 92.3 cm³/mol. The highest BCUT2D eigenvalue weighted by Crippen LogP contribution is 2.32. The van der Waals surface area contributed by atoms with Crippen LogP contribution in [0, 0.1) is 0 Å². The number of rotatable bonds is 5. The number of nitrogens with zero attached hydrogens (tertiary/aromatic N) is 3. The van der Waals surface area contributed by atoms with E-state index in [1.807, 2.05) is 12.1 Å². The van der Waals surface area contributed by atoms with Gasteiger partial charge in [-0.3, -0.25) is 9.00 Å². The summed E-state index contributed by atoms with van der Waals surface area (Å²) >= 11 is 0. The number of benzene rings is 1. The summed E-state index contributed by atoms with van der Waals surface area (Å²) in [6.07, 6.45) is 2.22. The zero-order valence-corrected chi connectivity index (χ0v) is 14.9. The number of amides is 1. The first-order valence-corrected chi connectivity index (χ1v) is 9.72. The van der Waals surface area contributed by atoms with Gasteiger partial charge in [-0.15, -0.1) is 0 Å². The Morgan fingerprint density at radius 1 is 1.33 bits per heavy atom. The molecule has 3 rings (SSSR count). The molecule has 0 unspecified atom stereocenters. The maximum absolute atomic E-state index is 12.7. The SMILES string of the molecule is CC(C)c1ccc(N2CC[C@@H](c3nc(C[S@@](C)=O)no3)C2=O)cc1. The van der Waals surface area contributed by atoms with Crippen molar-refractivity contribution in [3.05, 3.63) is 41.5 Å². The third kappa shape index (κ3) is 3.40. The van der Waals surface area contributed by atoms with Crippen molar-refractivity contribution < 1.29 is 13.5 Å². The summed E-state index contributed by atoms with van der Waals surface area (Å²) in [5.74, 6) is 0.966. The molecule has 0 radical (unpaired) electrons. The van der Waals surface area contributed by atoms with E-state index in [1.54, 1.807) is 11.2 Å². The number of hydrogen-bond donors (Lipinski definition) is 0. The Balaban J connectivity index is 1.75. The van der Waals surface area contributed by atoms with Crippen LogP contribution >= 0.6 is 0 Å². The molecule has 128 valence electrons. The first-order valence-electron chi connectivity index (χ1n) is 7.99. The average molecular weight is 347 g/mol. The maximum Gasteiger partial charge on any atom is 0.239 e. The van der Waals surface area contributed by atoms with Crippen molar-refractivity contribution in [3.63, 3.8) is 0 Å². The topological polar surface area (TPSA) is 76.3 Å². The lowest BCUT2D eigenvalue weighted by Crippen LogP contribution is -2.26. The smallest absolute Gasteiger partial charge is 0.239 e. The molecule has 0 aliphatic carbocycles. The Hall–Kier alpha value is -2.02. The summed E-state index contributed by atoms with van der Waals surface area (Å²) in [5, 5.41) is 3.81. The second-order valence-corrected chi connectivity index (χ2v) is 7.78. The standard InChI is InChI=1S/C17H21N3O3S/c1-11(2)12-4-6-13(7-5-12)20-9-8-14(17(20)21)16-18-15(19-23-16)10-24(3)22/h4-7,11,14H,8-10H2,1-3H3/t14-,24+/m0/s1. The number of carbonyl (C=O) groups excluding carboxylic acids is 1. The van der Waals surface area contributed by atoms with Crippen molar-refractivity contribution in [2.24, 2.45) is 0 Å². The van der Waals surface area contributed by atoms with Crippen molar-refractivity contribution in [1.82, 2.24) is 10.1 Å². The van der Waals surface area contributed by atoms with Crippen molar-refractivity contribution in [2.75, 3.05) is 17.7 Å². The molecule has 2 aromatic rings. The fourth-order valence-electron chi connectivity index (χ4n) is 2.85. The van der Waals surface area contributed by atoms with Crippen LogP contribution in [0.2, 0.25) is 0 Å². The van der Waals surface area contributed by atoms with E-state index in [4.69, 9.17) is 4.52 Å². The van der Waals surface area contributed by atoms with Crippen LogP contribution in [0.25, 0.3) is 0 Å². The lowest BCUT2D eigenvalue weighted by Gasteiger charge is -2.17. The minimum atomic E-state index is -1.04. The molecule has 0 bridgehead atoms. The highest BCUT2D eigenvalue weighted by atomic mass is 32.2. The van der Waals surface area contributed by atoms with E-state index >= 15 is 0 Å². The molecule has 1 fully saturated rings. The predicted octanol–water partition coefficient (Wildman–Crippen LogP) is 2.59. The fourth-order valence-corrected chi connectivity index (χ4v) is 3.33. The highest BCUT2D eigenvalue weighted by molar-refractivity contribution is 7.83. The zero-order chi connectivity index (χ0) is 17.3. The Labute approximate surface area is 143 Å². The normalized spacial score (nSPS) is 19.2. The lowest BCUT2D eigenvalue weighted by molar-refractivity contribution is -0.118. The highest BCUT2D eigenvalue weighted by Gasteiger charge is 2.37. The van der Waals surface area contributed by atoms with Gasteiger partial charge in [0.2, 0.25) is 11.8 Å². The largest absolute Gasteiger partial charge is 0.338 e. The molecule has 1 saturated heterocycles. The minimum Gasteiger partial charge on any atom is -0.338 e. The quantitative estimate of drug-likeness (QED) is 0.831. The number of carbonyl (C=O) groups is 1. The van der Waals surface area contributed by atoms with E-state index in [0.29, 0.717) is 30.6 Å². The van der Waals surface area contributed by atoms with Gasteiger partial charge in [0.05, 0.1) is 5.75 Å². The van der Waals surface area contributed by atoms with Crippen molar-refractivity contribution >= 4 is 22.4 Å². The molecule has 0 saturated carbocycles. The summed E-state index contributed by atoms with van der Waals surface area (Å²) in [5.41, 5.74) is 2.14. The van der Waals surface area contributed by atoms with E-state index in [1.165, 1.54) is 5.56 Å². The molecule has 0 N–H and O–H groups in total. The lowest BCUT2D eigenvalue weighted by atomic mass is 10.0. The van der Waals surface area contributed by atoms with Crippen molar-refractivity contribution in [2.45, 2.75) is 37.9 Å². The van der Waals surface area contributed by atoms with E-state index in [0.717, 1.165) is 5.69 Å². The first kappa shape index (κ1) is 16.8. The summed E-state index contributed by atoms with van der Waals surface area (Å²) in [7, 11) is -1.04. The molecule has 0 spiro atoms. The van der Waals surface area contributed by atoms with Gasteiger partial charge in [0.25, 0.3) is 0 Å². The van der Waals surface area contributed by atoms with Gasteiger partial charge in [-0.1, -0.05) is 31.1 Å². The summed E-state index contributed by atoms with van der Waals surface area (Å²) in [6, 6.07) is 8.08. The minimum absolute atomic E-state index is 0.0277. The number of anilines is 1. The first-order chi connectivity index (χ1) is 11.5. The molecular formula is C17H21N3O3S. The van der Waals surface area contributed by atoms with Crippen LogP contribution in [-0.4, -0.2) is 33.1 Å². The molecular weight excluding hydrogens is 326 g/mol. The van der Waals surface area contributed by atoms with Crippen molar-refractivity contribution in [1.29, 1.82) is 0 Å². The van der Waals surface area contributed by atoms with Gasteiger partial charge in [-0.25, -0.2) is 0 Å². The monoisotopic (exact) mass is 347 g/mol. The molecule has 24 heavy (non-hydrogen) atoms. The average Bonchev–Trinajstić information content (AvgIpc) is 3.13. The van der Waals surface area contributed by atoms with Gasteiger partial charge >= 0.3 is 0 Å². The number of aromatic nitrogens is 2. The summed E-state index contributed by atoms with van der Waals surface area (Å²) in [6.45, 7) is 4.91. The van der Waals surface area contributed by atoms with Crippen LogP contribution in [-0.2, 0) is 21.3 Å². The third-order valence-corrected chi connectivity index (χ3v) is 4.86. The molecule has 2 heterocycles. The fraction of sp³-hybridized carbons (Fsp3) is 0.471. The van der Waals surface area contributed by atoms with Gasteiger partial charge in [0.15, 0.2) is 5.82 Å². The van der Waals surface area contributed by atoms with Crippen LogP contribution in [0.1, 0.15) is 49.4 Å². The van der Waals surface area contributed by atoms with Gasteiger partial charge in [-0.05, 0) is 30.0 Å². The maximum atomic E-state index is 12.7. The van der Waals surface area contributed by atoms with Gasteiger partial charge in [-0.2, -0.15) is 4.98 Å². The summed E-state index contributed by atoms with van der Waals surface area (Å²) < 4.78 is 16.4. The molecule has 2 atom stereocenters. The van der Waals surface area contributed by atoms with E-state index < -0.39 is 16.7 Å². The van der Waals surface area contributed by atoms with E-state index in [-0.39, 0.29) is 11.7 Å². The Morgan fingerprint density at radius 3 is 2.67 bits per heavy atom.